The second-order valence-electron chi connectivity index (χ2n) is 5.49. The van der Waals surface area contributed by atoms with Gasteiger partial charge < -0.3 is 4.74 Å². The van der Waals surface area contributed by atoms with E-state index in [-0.39, 0.29) is 4.83 Å². The molecule has 0 saturated heterocycles. The van der Waals surface area contributed by atoms with E-state index in [2.05, 4.69) is 46.3 Å². The molecule has 0 aromatic heterocycles. The zero-order chi connectivity index (χ0) is 14.8. The van der Waals surface area contributed by atoms with Gasteiger partial charge >= 0.3 is 0 Å². The Balaban J connectivity index is 1.92. The molecule has 0 radical (unpaired) electrons. The number of ether oxygens (including phenoxy) is 1. The molecule has 0 bridgehead atoms. The number of aryl methyl sites for hydroxylation is 1. The van der Waals surface area contributed by atoms with Crippen LogP contribution in [0.2, 0.25) is 5.02 Å². The first kappa shape index (κ1) is 14.9. The van der Waals surface area contributed by atoms with Gasteiger partial charge in [0.1, 0.15) is 5.75 Å². The normalized spacial score (nSPS) is 18.9. The second kappa shape index (κ2) is 6.41. The van der Waals surface area contributed by atoms with Gasteiger partial charge in [0.15, 0.2) is 0 Å². The highest BCUT2D eigenvalue weighted by atomic mass is 79.9. The van der Waals surface area contributed by atoms with Gasteiger partial charge in [0.2, 0.25) is 0 Å². The predicted octanol–water partition coefficient (Wildman–Crippen LogP) is 5.90. The van der Waals surface area contributed by atoms with Crippen LogP contribution in [0, 0.1) is 0 Å². The molecule has 0 fully saturated rings. The van der Waals surface area contributed by atoms with Gasteiger partial charge in [-0.05, 0) is 48.1 Å². The first-order valence-corrected chi connectivity index (χ1v) is 8.55. The van der Waals surface area contributed by atoms with Crippen molar-refractivity contribution in [3.8, 4) is 5.75 Å². The Bertz CT molecular complexity index is 641. The fourth-order valence-corrected chi connectivity index (χ4v) is 4.28. The van der Waals surface area contributed by atoms with Gasteiger partial charge in [0.25, 0.3) is 0 Å². The highest BCUT2D eigenvalue weighted by Crippen LogP contribution is 2.45. The lowest BCUT2D eigenvalue weighted by Gasteiger charge is -2.29. The minimum Gasteiger partial charge on any atom is -0.495 e. The van der Waals surface area contributed by atoms with Gasteiger partial charge in [-0.15, -0.1) is 0 Å². The molecule has 1 nitrogen and oxygen atoms in total. The first-order valence-electron chi connectivity index (χ1n) is 7.26. The van der Waals surface area contributed by atoms with Crippen LogP contribution in [-0.2, 0) is 6.42 Å². The van der Waals surface area contributed by atoms with Crippen molar-refractivity contribution >= 4 is 27.5 Å². The van der Waals surface area contributed by atoms with Crippen LogP contribution in [0.5, 0.6) is 5.75 Å². The van der Waals surface area contributed by atoms with Crippen LogP contribution in [-0.4, -0.2) is 7.11 Å². The summed E-state index contributed by atoms with van der Waals surface area (Å²) in [5, 5.41) is 0.670. The van der Waals surface area contributed by atoms with Gasteiger partial charge in [-0.3, -0.25) is 0 Å². The summed E-state index contributed by atoms with van der Waals surface area (Å²) in [4.78, 5) is 0.280. The molecule has 0 aliphatic heterocycles. The molecule has 0 spiro atoms. The van der Waals surface area contributed by atoms with Crippen LogP contribution in [0.1, 0.15) is 40.3 Å². The van der Waals surface area contributed by atoms with Crippen LogP contribution in [0.4, 0.5) is 0 Å². The Morgan fingerprint density at radius 1 is 1.24 bits per heavy atom. The lowest BCUT2D eigenvalue weighted by molar-refractivity contribution is 0.414. The summed E-state index contributed by atoms with van der Waals surface area (Å²) in [6.07, 6.45) is 3.64. The molecule has 3 rings (SSSR count). The van der Waals surface area contributed by atoms with Crippen LogP contribution >= 0.6 is 27.5 Å². The zero-order valence-electron chi connectivity index (χ0n) is 12.0. The number of hydrogen-bond acceptors (Lipinski definition) is 1. The number of alkyl halides is 1. The lowest BCUT2D eigenvalue weighted by atomic mass is 9.79. The Hall–Kier alpha value is -0.990. The average Bonchev–Trinajstić information content (AvgIpc) is 2.53. The predicted molar refractivity (Wildman–Crippen MR) is 91.8 cm³/mol. The maximum Gasteiger partial charge on any atom is 0.137 e. The van der Waals surface area contributed by atoms with E-state index in [1.54, 1.807) is 7.11 Å². The number of fused-ring (bicyclic) bond motifs is 1. The summed E-state index contributed by atoms with van der Waals surface area (Å²) in [5.74, 6) is 1.23. The van der Waals surface area contributed by atoms with E-state index in [4.69, 9.17) is 16.3 Å². The van der Waals surface area contributed by atoms with Crippen molar-refractivity contribution in [2.75, 3.05) is 7.11 Å². The molecule has 21 heavy (non-hydrogen) atoms. The fourth-order valence-electron chi connectivity index (χ4n) is 3.18. The standard InChI is InChI=1S/C18H18BrClO/c1-21-17-10-9-13(11-16(17)20)18(19)15-8-4-6-12-5-2-3-7-14(12)15/h2-3,5,7,9-11,15,18H,4,6,8H2,1H3. The Labute approximate surface area is 139 Å². The second-order valence-corrected chi connectivity index (χ2v) is 6.89. The SMILES string of the molecule is COc1ccc(C(Br)C2CCCc3ccccc32)cc1Cl. The van der Waals surface area contributed by atoms with Crippen molar-refractivity contribution in [3.05, 3.63) is 64.2 Å². The maximum atomic E-state index is 6.27. The molecule has 1 aliphatic carbocycles. The van der Waals surface area contributed by atoms with Crippen molar-refractivity contribution in [1.82, 2.24) is 0 Å². The summed E-state index contributed by atoms with van der Waals surface area (Å²) in [6, 6.07) is 14.8. The molecule has 3 heteroatoms. The molecule has 110 valence electrons. The molecule has 2 atom stereocenters. The molecular formula is C18H18BrClO. The highest BCUT2D eigenvalue weighted by Gasteiger charge is 2.27. The molecular weight excluding hydrogens is 348 g/mol. The third kappa shape index (κ3) is 2.97. The molecule has 0 amide bonds. The van der Waals surface area contributed by atoms with Crippen molar-refractivity contribution in [3.63, 3.8) is 0 Å². The highest BCUT2D eigenvalue weighted by molar-refractivity contribution is 9.09. The molecule has 1 aliphatic rings. The number of hydrogen-bond donors (Lipinski definition) is 0. The molecule has 0 N–H and O–H groups in total. The van der Waals surface area contributed by atoms with Crippen LogP contribution in [0.3, 0.4) is 0 Å². The van der Waals surface area contributed by atoms with E-state index in [9.17, 15) is 0 Å². The topological polar surface area (TPSA) is 9.23 Å². The summed E-state index contributed by atoms with van der Waals surface area (Å²) in [6.45, 7) is 0. The summed E-state index contributed by atoms with van der Waals surface area (Å²) in [5.41, 5.74) is 4.16. The van der Waals surface area contributed by atoms with Crippen molar-refractivity contribution in [2.45, 2.75) is 30.0 Å². The third-order valence-electron chi connectivity index (χ3n) is 4.26. The zero-order valence-corrected chi connectivity index (χ0v) is 14.3. The van der Waals surface area contributed by atoms with E-state index in [0.29, 0.717) is 10.9 Å². The molecule has 0 saturated carbocycles. The minimum absolute atomic E-state index is 0.280. The van der Waals surface area contributed by atoms with E-state index in [1.807, 2.05) is 12.1 Å². The van der Waals surface area contributed by atoms with Gasteiger partial charge in [-0.2, -0.15) is 0 Å². The van der Waals surface area contributed by atoms with E-state index in [1.165, 1.54) is 36.0 Å². The van der Waals surface area contributed by atoms with Gasteiger partial charge in [0, 0.05) is 10.7 Å². The van der Waals surface area contributed by atoms with Crippen LogP contribution < -0.4 is 4.74 Å². The number of rotatable bonds is 3. The number of halogens is 2. The van der Waals surface area contributed by atoms with Gasteiger partial charge in [-0.1, -0.05) is 57.9 Å². The molecule has 2 aromatic rings. The molecule has 2 aromatic carbocycles. The largest absolute Gasteiger partial charge is 0.495 e. The Morgan fingerprint density at radius 2 is 2.05 bits per heavy atom. The Morgan fingerprint density at radius 3 is 2.81 bits per heavy atom. The Kier molecular flexibility index (Phi) is 4.56. The third-order valence-corrected chi connectivity index (χ3v) is 5.73. The molecule has 0 heterocycles. The lowest BCUT2D eigenvalue weighted by Crippen LogP contribution is -2.14. The summed E-state index contributed by atoms with van der Waals surface area (Å²) in [7, 11) is 1.64. The monoisotopic (exact) mass is 364 g/mol. The summed E-state index contributed by atoms with van der Waals surface area (Å²) >= 11 is 10.2. The van der Waals surface area contributed by atoms with Crippen molar-refractivity contribution in [1.29, 1.82) is 0 Å². The first-order chi connectivity index (χ1) is 10.2. The van der Waals surface area contributed by atoms with Crippen molar-refractivity contribution in [2.24, 2.45) is 0 Å². The average molecular weight is 366 g/mol. The maximum absolute atomic E-state index is 6.27. The van der Waals surface area contributed by atoms with Crippen LogP contribution in [0.15, 0.2) is 42.5 Å². The number of methoxy groups -OCH3 is 1. The summed E-state index contributed by atoms with van der Waals surface area (Å²) < 4.78 is 5.23. The van der Waals surface area contributed by atoms with Gasteiger partial charge in [-0.25, -0.2) is 0 Å². The van der Waals surface area contributed by atoms with E-state index < -0.39 is 0 Å². The smallest absolute Gasteiger partial charge is 0.137 e. The quantitative estimate of drug-likeness (QED) is 0.615. The van der Waals surface area contributed by atoms with Gasteiger partial charge in [0.05, 0.1) is 12.1 Å². The van der Waals surface area contributed by atoms with E-state index in [0.717, 1.165) is 5.75 Å². The molecule has 2 unspecified atom stereocenters. The fraction of sp³-hybridized carbons (Fsp3) is 0.333. The minimum atomic E-state index is 0.280. The number of benzene rings is 2. The van der Waals surface area contributed by atoms with E-state index >= 15 is 0 Å². The van der Waals surface area contributed by atoms with Crippen molar-refractivity contribution < 1.29 is 4.74 Å². The van der Waals surface area contributed by atoms with Crippen LogP contribution in [0.25, 0.3) is 0 Å².